The van der Waals surface area contributed by atoms with Gasteiger partial charge >= 0.3 is 0 Å². The summed E-state index contributed by atoms with van der Waals surface area (Å²) in [5, 5.41) is 0. The smallest absolute Gasteiger partial charge is 0.212 e. The third-order valence-electron chi connectivity index (χ3n) is 4.79. The second-order valence-electron chi connectivity index (χ2n) is 6.52. The van der Waals surface area contributed by atoms with Crippen molar-refractivity contribution in [1.29, 1.82) is 0 Å². The molecular formula is C21H20N4O. The Bertz CT molecular complexity index is 883. The van der Waals surface area contributed by atoms with Gasteiger partial charge in [0.1, 0.15) is 11.5 Å². The minimum absolute atomic E-state index is 0.0965. The molecule has 1 atom stereocenters. The molecule has 3 aromatic rings. The van der Waals surface area contributed by atoms with Crippen LogP contribution in [0.1, 0.15) is 40.4 Å². The van der Waals surface area contributed by atoms with Crippen LogP contribution < -0.4 is 4.90 Å². The molecule has 130 valence electrons. The molecule has 0 spiro atoms. The van der Waals surface area contributed by atoms with E-state index in [9.17, 15) is 4.79 Å². The van der Waals surface area contributed by atoms with Crippen LogP contribution >= 0.6 is 0 Å². The van der Waals surface area contributed by atoms with E-state index in [0.29, 0.717) is 17.2 Å². The lowest BCUT2D eigenvalue weighted by atomic mass is 9.92. The first-order chi connectivity index (χ1) is 12.8. The minimum atomic E-state index is -0.0965. The van der Waals surface area contributed by atoms with E-state index in [4.69, 9.17) is 0 Å². The fourth-order valence-corrected chi connectivity index (χ4v) is 3.45. The second kappa shape index (κ2) is 7.44. The lowest BCUT2D eigenvalue weighted by Gasteiger charge is -2.33. The Morgan fingerprint density at radius 1 is 1.00 bits per heavy atom. The summed E-state index contributed by atoms with van der Waals surface area (Å²) in [6.07, 6.45) is 9.24. The number of hydrogen-bond acceptors (Lipinski definition) is 5. The summed E-state index contributed by atoms with van der Waals surface area (Å²) in [4.78, 5) is 27.8. The lowest BCUT2D eigenvalue weighted by molar-refractivity contribution is 0.103. The maximum absolute atomic E-state index is 12.6. The largest absolute Gasteiger partial charge is 0.356 e. The Morgan fingerprint density at radius 2 is 1.85 bits per heavy atom. The van der Waals surface area contributed by atoms with Gasteiger partial charge < -0.3 is 4.90 Å². The van der Waals surface area contributed by atoms with Gasteiger partial charge in [0.2, 0.25) is 5.78 Å². The molecule has 0 radical (unpaired) electrons. The van der Waals surface area contributed by atoms with E-state index < -0.39 is 0 Å². The highest BCUT2D eigenvalue weighted by Crippen LogP contribution is 2.29. The van der Waals surface area contributed by atoms with Gasteiger partial charge in [-0.25, -0.2) is 4.98 Å². The molecule has 4 heterocycles. The number of hydrogen-bond donors (Lipinski definition) is 0. The SMILES string of the molecule is O=C(c1cccnc1)c1cccc(N2CCCC(c3cccnc3)C2)n1. The number of carbonyl (C=O) groups is 1. The monoisotopic (exact) mass is 344 g/mol. The van der Waals surface area contributed by atoms with E-state index in [1.165, 1.54) is 5.56 Å². The van der Waals surface area contributed by atoms with Crippen molar-refractivity contribution in [2.75, 3.05) is 18.0 Å². The lowest BCUT2D eigenvalue weighted by Crippen LogP contribution is -2.35. The molecule has 0 aromatic carbocycles. The third-order valence-corrected chi connectivity index (χ3v) is 4.79. The zero-order chi connectivity index (χ0) is 17.8. The Morgan fingerprint density at radius 3 is 2.62 bits per heavy atom. The predicted molar refractivity (Wildman–Crippen MR) is 100 cm³/mol. The fourth-order valence-electron chi connectivity index (χ4n) is 3.45. The van der Waals surface area contributed by atoms with Gasteiger partial charge in [-0.2, -0.15) is 0 Å². The molecule has 5 heteroatoms. The first-order valence-corrected chi connectivity index (χ1v) is 8.88. The molecule has 1 fully saturated rings. The number of piperidine rings is 1. The Kier molecular flexibility index (Phi) is 4.69. The summed E-state index contributed by atoms with van der Waals surface area (Å²) in [7, 11) is 0. The molecule has 0 aliphatic carbocycles. The molecule has 1 aliphatic rings. The quantitative estimate of drug-likeness (QED) is 0.678. The Hall–Kier alpha value is -3.08. The number of pyridine rings is 3. The van der Waals surface area contributed by atoms with Gasteiger partial charge in [0.15, 0.2) is 0 Å². The van der Waals surface area contributed by atoms with Crippen LogP contribution in [0.3, 0.4) is 0 Å². The van der Waals surface area contributed by atoms with Crippen molar-refractivity contribution < 1.29 is 4.79 Å². The molecule has 4 rings (SSSR count). The maximum atomic E-state index is 12.6. The van der Waals surface area contributed by atoms with Crippen molar-refractivity contribution in [1.82, 2.24) is 15.0 Å². The van der Waals surface area contributed by atoms with Crippen LogP contribution in [0, 0.1) is 0 Å². The topological polar surface area (TPSA) is 59.0 Å². The van der Waals surface area contributed by atoms with Crippen molar-refractivity contribution in [2.24, 2.45) is 0 Å². The summed E-state index contributed by atoms with van der Waals surface area (Å²) in [5.74, 6) is 1.20. The van der Waals surface area contributed by atoms with Gasteiger partial charge in [-0.15, -0.1) is 0 Å². The number of carbonyl (C=O) groups excluding carboxylic acids is 1. The van der Waals surface area contributed by atoms with E-state index in [0.717, 1.165) is 31.7 Å². The van der Waals surface area contributed by atoms with E-state index in [1.807, 2.05) is 24.4 Å². The van der Waals surface area contributed by atoms with Crippen LogP contribution in [0.25, 0.3) is 0 Å². The third kappa shape index (κ3) is 3.47. The summed E-state index contributed by atoms with van der Waals surface area (Å²) < 4.78 is 0. The first-order valence-electron chi connectivity index (χ1n) is 8.88. The van der Waals surface area contributed by atoms with Gasteiger partial charge in [-0.05, 0) is 48.7 Å². The standard InChI is InChI=1S/C21H20N4O/c26-21(17-6-3-11-23-14-17)19-8-1-9-20(24-19)25-12-4-7-18(15-25)16-5-2-10-22-13-16/h1-3,5-6,8-11,13-14,18H,4,7,12,15H2. The zero-order valence-corrected chi connectivity index (χ0v) is 14.5. The number of ketones is 1. The average molecular weight is 344 g/mol. The number of aromatic nitrogens is 3. The molecule has 0 saturated carbocycles. The highest BCUT2D eigenvalue weighted by molar-refractivity contribution is 6.07. The van der Waals surface area contributed by atoms with E-state index >= 15 is 0 Å². The molecule has 0 amide bonds. The minimum Gasteiger partial charge on any atom is -0.356 e. The molecule has 26 heavy (non-hydrogen) atoms. The number of nitrogens with zero attached hydrogens (tertiary/aromatic N) is 4. The zero-order valence-electron chi connectivity index (χ0n) is 14.5. The number of rotatable bonds is 4. The molecule has 3 aromatic heterocycles. The van der Waals surface area contributed by atoms with Crippen LogP contribution in [-0.2, 0) is 0 Å². The summed E-state index contributed by atoms with van der Waals surface area (Å²) >= 11 is 0. The normalized spacial score (nSPS) is 17.1. The van der Waals surface area contributed by atoms with Gasteiger partial charge in [-0.3, -0.25) is 14.8 Å². The number of anilines is 1. The molecule has 0 bridgehead atoms. The van der Waals surface area contributed by atoms with Crippen LogP contribution in [-0.4, -0.2) is 33.8 Å². The van der Waals surface area contributed by atoms with Crippen molar-refractivity contribution in [2.45, 2.75) is 18.8 Å². The van der Waals surface area contributed by atoms with Crippen LogP contribution in [0.15, 0.2) is 67.3 Å². The van der Waals surface area contributed by atoms with Crippen molar-refractivity contribution >= 4 is 11.6 Å². The second-order valence-corrected chi connectivity index (χ2v) is 6.52. The summed E-state index contributed by atoms with van der Waals surface area (Å²) in [6.45, 7) is 1.84. The van der Waals surface area contributed by atoms with Crippen molar-refractivity contribution in [3.8, 4) is 0 Å². The Balaban J connectivity index is 1.55. The van der Waals surface area contributed by atoms with Crippen LogP contribution in [0.2, 0.25) is 0 Å². The molecule has 0 N–H and O–H groups in total. The van der Waals surface area contributed by atoms with Gasteiger partial charge in [0, 0.05) is 49.4 Å². The highest BCUT2D eigenvalue weighted by atomic mass is 16.1. The molecule has 1 aliphatic heterocycles. The summed E-state index contributed by atoms with van der Waals surface area (Å²) in [6, 6.07) is 13.3. The van der Waals surface area contributed by atoms with Crippen molar-refractivity contribution in [3.63, 3.8) is 0 Å². The van der Waals surface area contributed by atoms with E-state index in [2.05, 4.69) is 25.9 Å². The van der Waals surface area contributed by atoms with Gasteiger partial charge in [0.25, 0.3) is 0 Å². The molecule has 1 saturated heterocycles. The maximum Gasteiger partial charge on any atom is 0.212 e. The highest BCUT2D eigenvalue weighted by Gasteiger charge is 2.23. The first kappa shape index (κ1) is 16.4. The fraction of sp³-hybridized carbons (Fsp3) is 0.238. The predicted octanol–water partition coefficient (Wildman–Crippen LogP) is 3.49. The van der Waals surface area contributed by atoms with Crippen molar-refractivity contribution in [3.05, 3.63) is 84.1 Å². The van der Waals surface area contributed by atoms with Crippen LogP contribution in [0.5, 0.6) is 0 Å². The van der Waals surface area contributed by atoms with Gasteiger partial charge in [0.05, 0.1) is 0 Å². The Labute approximate surface area is 152 Å². The average Bonchev–Trinajstić information content (AvgIpc) is 2.75. The molecule has 5 nitrogen and oxygen atoms in total. The summed E-state index contributed by atoms with van der Waals surface area (Å²) in [5.41, 5.74) is 2.28. The molecular weight excluding hydrogens is 324 g/mol. The van der Waals surface area contributed by atoms with E-state index in [-0.39, 0.29) is 5.78 Å². The van der Waals surface area contributed by atoms with E-state index in [1.54, 1.807) is 36.8 Å². The van der Waals surface area contributed by atoms with Crippen LogP contribution in [0.4, 0.5) is 5.82 Å². The van der Waals surface area contributed by atoms with Gasteiger partial charge in [-0.1, -0.05) is 12.1 Å². The molecule has 1 unspecified atom stereocenters.